The highest BCUT2D eigenvalue weighted by Crippen LogP contribution is 2.39. The number of hydrogen-bond donors (Lipinski definition) is 2. The van der Waals surface area contributed by atoms with Gasteiger partial charge in [-0.3, -0.25) is 5.84 Å². The summed E-state index contributed by atoms with van der Waals surface area (Å²) in [5.41, 5.74) is 3.12. The molecule has 0 saturated heterocycles. The maximum absolute atomic E-state index is 5.81. The molecule has 4 nitrogen and oxygen atoms in total. The van der Waals surface area contributed by atoms with E-state index >= 15 is 0 Å². The van der Waals surface area contributed by atoms with Crippen LogP contribution in [0.5, 0.6) is 0 Å². The van der Waals surface area contributed by atoms with Crippen molar-refractivity contribution in [2.75, 3.05) is 20.7 Å². The zero-order valence-electron chi connectivity index (χ0n) is 11.0. The molecule has 1 saturated carbocycles. The lowest BCUT2D eigenvalue weighted by atomic mass is 9.85. The highest BCUT2D eigenvalue weighted by atomic mass is 16.5. The van der Waals surface area contributed by atoms with Crippen LogP contribution in [0.15, 0.2) is 11.8 Å². The molecule has 0 aromatic heterocycles. The van der Waals surface area contributed by atoms with Crippen molar-refractivity contribution in [2.45, 2.75) is 50.1 Å². The number of rotatable bonds is 4. The number of nitrogens with two attached hydrogens (primary N) is 1. The van der Waals surface area contributed by atoms with Crippen molar-refractivity contribution in [3.05, 3.63) is 11.8 Å². The van der Waals surface area contributed by atoms with Gasteiger partial charge in [0.25, 0.3) is 0 Å². The molecular formula is C13H25N3O. The van der Waals surface area contributed by atoms with E-state index in [9.17, 15) is 0 Å². The molecule has 1 unspecified atom stereocenters. The van der Waals surface area contributed by atoms with Crippen LogP contribution in [0.4, 0.5) is 0 Å². The number of allylic oxidation sites excluding steroid dienone is 1. The highest BCUT2D eigenvalue weighted by Gasteiger charge is 2.45. The Morgan fingerprint density at radius 3 is 2.53 bits per heavy atom. The summed E-state index contributed by atoms with van der Waals surface area (Å²) in [6, 6.07) is 0.125. The van der Waals surface area contributed by atoms with Crippen LogP contribution in [0.3, 0.4) is 0 Å². The summed E-state index contributed by atoms with van der Waals surface area (Å²) in [6.07, 6.45) is 9.38. The molecule has 4 heteroatoms. The maximum Gasteiger partial charge on any atom is 0.112 e. The van der Waals surface area contributed by atoms with Gasteiger partial charge in [-0.1, -0.05) is 12.8 Å². The summed E-state index contributed by atoms with van der Waals surface area (Å²) in [5.74, 6) is 6.86. The Labute approximate surface area is 104 Å². The van der Waals surface area contributed by atoms with Gasteiger partial charge < -0.3 is 9.64 Å². The lowest BCUT2D eigenvalue weighted by molar-refractivity contribution is 0.0714. The topological polar surface area (TPSA) is 50.5 Å². The second kappa shape index (κ2) is 5.38. The molecule has 0 spiro atoms. The Kier molecular flexibility index (Phi) is 4.07. The fraction of sp³-hybridized carbons (Fsp3) is 0.846. The van der Waals surface area contributed by atoms with Gasteiger partial charge in [-0.25, -0.2) is 5.43 Å². The van der Waals surface area contributed by atoms with Crippen molar-refractivity contribution in [2.24, 2.45) is 5.84 Å². The first-order chi connectivity index (χ1) is 8.20. The van der Waals surface area contributed by atoms with Crippen LogP contribution in [0.25, 0.3) is 0 Å². The Hall–Kier alpha value is -0.580. The molecule has 0 aromatic rings. The Bertz CT molecular complexity index is 282. The van der Waals surface area contributed by atoms with Crippen LogP contribution in [0, 0.1) is 0 Å². The van der Waals surface area contributed by atoms with Crippen LogP contribution >= 0.6 is 0 Å². The van der Waals surface area contributed by atoms with E-state index in [1.165, 1.54) is 25.7 Å². The van der Waals surface area contributed by atoms with Crippen molar-refractivity contribution < 1.29 is 4.74 Å². The molecule has 2 rings (SSSR count). The summed E-state index contributed by atoms with van der Waals surface area (Å²) >= 11 is 0. The largest absolute Gasteiger partial charge is 0.496 e. The molecule has 17 heavy (non-hydrogen) atoms. The number of hydrogen-bond acceptors (Lipinski definition) is 4. The number of nitrogens with zero attached hydrogens (tertiary/aromatic N) is 1. The molecule has 0 bridgehead atoms. The Morgan fingerprint density at radius 2 is 2.06 bits per heavy atom. The molecule has 1 aliphatic carbocycles. The first-order valence-corrected chi connectivity index (χ1v) is 6.67. The van der Waals surface area contributed by atoms with Gasteiger partial charge in [-0.15, -0.1) is 0 Å². The van der Waals surface area contributed by atoms with Crippen LogP contribution in [-0.4, -0.2) is 37.2 Å². The molecule has 0 radical (unpaired) electrons. The van der Waals surface area contributed by atoms with Crippen molar-refractivity contribution in [1.82, 2.24) is 10.3 Å². The van der Waals surface area contributed by atoms with E-state index in [1.807, 2.05) is 0 Å². The third kappa shape index (κ3) is 2.34. The summed E-state index contributed by atoms with van der Waals surface area (Å²) in [6.45, 7) is 0.827. The van der Waals surface area contributed by atoms with Gasteiger partial charge in [0.15, 0.2) is 0 Å². The number of hydrazine groups is 1. The smallest absolute Gasteiger partial charge is 0.112 e. The maximum atomic E-state index is 5.81. The highest BCUT2D eigenvalue weighted by molar-refractivity contribution is 5.17. The van der Waals surface area contributed by atoms with Gasteiger partial charge in [0.2, 0.25) is 0 Å². The fourth-order valence-corrected chi connectivity index (χ4v) is 3.26. The molecule has 2 aliphatic rings. The van der Waals surface area contributed by atoms with Crippen molar-refractivity contribution >= 4 is 0 Å². The number of ether oxygens (including phenoxy) is 1. The van der Waals surface area contributed by atoms with E-state index in [1.54, 1.807) is 0 Å². The average molecular weight is 239 g/mol. The third-order valence-corrected chi connectivity index (χ3v) is 4.31. The van der Waals surface area contributed by atoms with E-state index in [0.29, 0.717) is 0 Å². The van der Waals surface area contributed by atoms with E-state index in [2.05, 4.69) is 30.5 Å². The van der Waals surface area contributed by atoms with Gasteiger partial charge in [-0.05, 0) is 45.9 Å². The predicted octanol–water partition coefficient (Wildman–Crippen LogP) is 1.39. The number of nitrogens with one attached hydrogen (secondary N) is 1. The van der Waals surface area contributed by atoms with E-state index in [4.69, 9.17) is 10.6 Å². The SMILES string of the molecule is CN(C)C1(C(NN)C2=CCCCO2)CCCC1. The second-order valence-corrected chi connectivity index (χ2v) is 5.40. The van der Waals surface area contributed by atoms with Gasteiger partial charge in [0.05, 0.1) is 12.6 Å². The Balaban J connectivity index is 2.22. The summed E-state index contributed by atoms with van der Waals surface area (Å²) in [7, 11) is 4.30. The average Bonchev–Trinajstić information content (AvgIpc) is 2.82. The lowest BCUT2D eigenvalue weighted by Crippen LogP contribution is -2.60. The standard InChI is InChI=1S/C13H25N3O/c1-16(2)13(8-4-5-9-13)12(15-14)11-7-3-6-10-17-11/h7,12,15H,3-6,8-10,14H2,1-2H3. The second-order valence-electron chi connectivity index (χ2n) is 5.40. The van der Waals surface area contributed by atoms with E-state index in [0.717, 1.165) is 25.2 Å². The molecule has 0 amide bonds. The predicted molar refractivity (Wildman–Crippen MR) is 69.3 cm³/mol. The number of likely N-dealkylation sites (N-methyl/N-ethyl adjacent to an activating group) is 1. The molecule has 1 heterocycles. The third-order valence-electron chi connectivity index (χ3n) is 4.31. The minimum atomic E-state index is 0.123. The minimum absolute atomic E-state index is 0.123. The minimum Gasteiger partial charge on any atom is -0.496 e. The molecular weight excluding hydrogens is 214 g/mol. The molecule has 3 N–H and O–H groups in total. The fourth-order valence-electron chi connectivity index (χ4n) is 3.26. The molecule has 98 valence electrons. The van der Waals surface area contributed by atoms with Gasteiger partial charge in [-0.2, -0.15) is 0 Å². The Morgan fingerprint density at radius 1 is 1.35 bits per heavy atom. The zero-order chi connectivity index (χ0) is 12.3. The summed E-state index contributed by atoms with van der Waals surface area (Å²) < 4.78 is 5.81. The van der Waals surface area contributed by atoms with Crippen molar-refractivity contribution in [1.29, 1.82) is 0 Å². The van der Waals surface area contributed by atoms with Crippen LogP contribution in [0.1, 0.15) is 38.5 Å². The van der Waals surface area contributed by atoms with Gasteiger partial charge >= 0.3 is 0 Å². The first kappa shape index (κ1) is 12.9. The van der Waals surface area contributed by atoms with Gasteiger partial charge in [0.1, 0.15) is 5.76 Å². The summed E-state index contributed by atoms with van der Waals surface area (Å²) in [4.78, 5) is 2.32. The van der Waals surface area contributed by atoms with Crippen LogP contribution in [-0.2, 0) is 4.74 Å². The monoisotopic (exact) mass is 239 g/mol. The molecule has 1 atom stereocenters. The van der Waals surface area contributed by atoms with Gasteiger partial charge in [0, 0.05) is 5.54 Å². The summed E-state index contributed by atoms with van der Waals surface area (Å²) in [5, 5.41) is 0. The van der Waals surface area contributed by atoms with Crippen LogP contribution in [0.2, 0.25) is 0 Å². The molecule has 0 aromatic carbocycles. The first-order valence-electron chi connectivity index (χ1n) is 6.67. The molecule has 1 fully saturated rings. The zero-order valence-corrected chi connectivity index (χ0v) is 11.0. The van der Waals surface area contributed by atoms with Crippen molar-refractivity contribution in [3.63, 3.8) is 0 Å². The molecule has 1 aliphatic heterocycles. The normalized spacial score (nSPS) is 25.5. The quantitative estimate of drug-likeness (QED) is 0.575. The van der Waals surface area contributed by atoms with Crippen molar-refractivity contribution in [3.8, 4) is 0 Å². The van der Waals surface area contributed by atoms with Crippen LogP contribution < -0.4 is 11.3 Å². The van der Waals surface area contributed by atoms with E-state index in [-0.39, 0.29) is 11.6 Å². The van der Waals surface area contributed by atoms with E-state index < -0.39 is 0 Å². The lowest BCUT2D eigenvalue weighted by Gasteiger charge is -2.44.